The fourth-order valence-electron chi connectivity index (χ4n) is 13.9. The van der Waals surface area contributed by atoms with E-state index in [4.69, 9.17) is 5.73 Å². The number of hydrogen-bond acceptors (Lipinski definition) is 23. The maximum Gasteiger partial charge on any atom is 0.248 e. The van der Waals surface area contributed by atoms with E-state index in [9.17, 15) is 88.8 Å². The zero-order valence-corrected chi connectivity index (χ0v) is 65.7. The van der Waals surface area contributed by atoms with Gasteiger partial charge in [0, 0.05) is 71.4 Å². The number of phenols is 1. The molecular formula is C76H122N14O20S. The smallest absolute Gasteiger partial charge is 0.248 e. The van der Waals surface area contributed by atoms with Crippen LogP contribution in [-0.4, -0.2) is 270 Å². The van der Waals surface area contributed by atoms with Gasteiger partial charge < -0.3 is 110 Å². The summed E-state index contributed by atoms with van der Waals surface area (Å²) in [5.74, 6) is -9.51. The quantitative estimate of drug-likeness (QED) is 0.0241. The average Bonchev–Trinajstić information content (AvgIpc) is 1.71. The highest BCUT2D eigenvalue weighted by Crippen LogP contribution is 2.28. The number of fused-ring (bicyclic) bond motifs is 2. The van der Waals surface area contributed by atoms with E-state index in [1.54, 1.807) is 30.3 Å². The normalized spacial score (nSPS) is 24.1. The SMILES string of the molecule is CC[C@H](C)C[C@H](C)CCCCCCCCC(=O)N[C@H]1C[C@@H](O)[C@@H](NCCN)NC(=O)[C@@H]2[C@@H](O)CCN2C(=O)[C@H]([C@H](O)CCNC(=O)CCNC(=O)[C@H](Cc2ccccc2)NC(=O)[C@H](CC(C)C)NC(=O)[C@H](CCSC)NC=O)NC(=O)[C@H]([C@H](O)[C@@H](O)c2ccc(O)cc2)NC(=O)[C@@H]2C[C@@H](O)CN2C(=O)[C@H]([C@@H](C)O)NC1=O. The van der Waals surface area contributed by atoms with E-state index in [2.05, 4.69) is 79.3 Å². The number of hydrogen-bond donors (Lipinski definition) is 20. The van der Waals surface area contributed by atoms with Crippen LogP contribution in [0.15, 0.2) is 54.6 Å². The summed E-state index contributed by atoms with van der Waals surface area (Å²) in [6.07, 6.45) is -6.73. The lowest BCUT2D eigenvalue weighted by Gasteiger charge is -2.35. The molecule has 3 saturated heterocycles. The van der Waals surface area contributed by atoms with Crippen molar-refractivity contribution in [3.63, 3.8) is 0 Å². The Hall–Kier alpha value is -8.13. The Bertz CT molecular complexity index is 3310. The van der Waals surface area contributed by atoms with Crippen LogP contribution >= 0.6 is 11.8 Å². The molecule has 3 aliphatic heterocycles. The number of nitrogens with one attached hydrogen (secondary N) is 11. The zero-order chi connectivity index (χ0) is 82.0. The van der Waals surface area contributed by atoms with Crippen LogP contribution in [0.2, 0.25) is 0 Å². The van der Waals surface area contributed by atoms with Crippen molar-refractivity contribution in [1.82, 2.24) is 68.3 Å². The Morgan fingerprint density at radius 2 is 1.28 bits per heavy atom. The van der Waals surface area contributed by atoms with Crippen LogP contribution in [0.1, 0.15) is 168 Å². The minimum Gasteiger partial charge on any atom is -0.508 e. The van der Waals surface area contributed by atoms with Crippen LogP contribution in [-0.2, 0) is 64.0 Å². The molecule has 34 nitrogen and oxygen atoms in total. The standard InChI is InChI=1S/C76H122N14O20S/c1-8-44(4)37-45(5)18-14-11-9-10-12-17-21-60(99)82-54-40-58(97)67(79-33-30-77)88-74(108)64-57(96)28-34-89(64)76(110)62(86-73(107)63(66(101)65(100)48-22-24-49(93)25-23-48)87-72(106)55-39-50(94)41-90(55)75(109)61(46(6)92)85-71(54)105)56(95)26-31-78-59(98)27-32-80-68(102)53(38-47-19-15-13-16-20-47)84-70(104)52(36-43(2)3)83-69(103)51(81-42-91)29-35-111-7/h13,15-16,19-20,22-25,42-46,50-58,61-67,79,92-97,100-101H,8-12,14,17-18,21,26-41,77H2,1-7H3,(H,78,98)(H,80,102)(H,81,91)(H,82,99)(H,83,103)(H,84,104)(H,85,105)(H,86,107)(H,87,106)(H,88,108)/t44-,45+,46+,50+,51-,52-,53-,54-,55-,56+,57-,58+,61-,62-,63-,64-,65-,66-,67-/m0/s1. The molecule has 2 aromatic carbocycles. The molecule has 0 aliphatic carbocycles. The van der Waals surface area contributed by atoms with Crippen molar-refractivity contribution in [2.24, 2.45) is 23.5 Å². The summed E-state index contributed by atoms with van der Waals surface area (Å²) in [4.78, 5) is 171. The van der Waals surface area contributed by atoms with Gasteiger partial charge in [-0.05, 0) is 98.5 Å². The lowest BCUT2D eigenvalue weighted by Crippen LogP contribution is -2.65. The number of benzene rings is 2. The van der Waals surface area contributed by atoms with Crippen molar-refractivity contribution < 1.29 is 98.4 Å². The number of rotatable bonds is 41. The molecule has 3 fully saturated rings. The number of phenolic OH excluding ortho intramolecular Hbond substituents is 1. The van der Waals surface area contributed by atoms with E-state index < -0.39 is 214 Å². The van der Waals surface area contributed by atoms with Crippen molar-refractivity contribution in [2.75, 3.05) is 51.3 Å². The summed E-state index contributed by atoms with van der Waals surface area (Å²) in [6.45, 7) is 9.40. The first kappa shape index (κ1) is 93.5. The van der Waals surface area contributed by atoms with Crippen molar-refractivity contribution >= 4 is 83.2 Å². The average molecular weight is 1580 g/mol. The summed E-state index contributed by atoms with van der Waals surface area (Å²) < 4.78 is 0. The fourth-order valence-corrected chi connectivity index (χ4v) is 14.3. The van der Waals surface area contributed by atoms with Gasteiger partial charge in [-0.2, -0.15) is 11.8 Å². The largest absolute Gasteiger partial charge is 0.508 e. The molecule has 0 unspecified atom stereocenters. The topological polar surface area (TPSA) is 532 Å². The third-order valence-electron chi connectivity index (χ3n) is 20.3. The molecule has 19 atom stereocenters. The molecular weight excluding hydrogens is 1460 g/mol. The van der Waals surface area contributed by atoms with Gasteiger partial charge in [-0.1, -0.05) is 122 Å². The highest BCUT2D eigenvalue weighted by atomic mass is 32.2. The highest BCUT2D eigenvalue weighted by molar-refractivity contribution is 7.98. The Morgan fingerprint density at radius 1 is 0.640 bits per heavy atom. The molecule has 21 N–H and O–H groups in total. The number of aliphatic hydroxyl groups excluding tert-OH is 7. The summed E-state index contributed by atoms with van der Waals surface area (Å²) in [5, 5.41) is 120. The van der Waals surface area contributed by atoms with E-state index in [1.165, 1.54) is 30.3 Å². The van der Waals surface area contributed by atoms with E-state index >= 15 is 9.59 Å². The van der Waals surface area contributed by atoms with Gasteiger partial charge in [0.2, 0.25) is 71.4 Å². The van der Waals surface area contributed by atoms with E-state index in [-0.39, 0.29) is 69.0 Å². The van der Waals surface area contributed by atoms with Crippen molar-refractivity contribution in [1.29, 1.82) is 0 Å². The van der Waals surface area contributed by atoms with Crippen molar-refractivity contribution in [3.8, 4) is 5.75 Å². The second-order valence-corrected chi connectivity index (χ2v) is 30.9. The molecule has 0 saturated carbocycles. The fraction of sp³-hybridized carbons (Fsp3) is 0.684. The molecule has 111 heavy (non-hydrogen) atoms. The summed E-state index contributed by atoms with van der Waals surface area (Å²) >= 11 is 1.46. The minimum absolute atomic E-state index is 0.0230. The summed E-state index contributed by atoms with van der Waals surface area (Å²) in [5.41, 5.74) is 6.39. The summed E-state index contributed by atoms with van der Waals surface area (Å²) in [6, 6.07) is -2.03. The number of unbranched alkanes of at least 4 members (excludes halogenated alkanes) is 5. The van der Waals surface area contributed by atoms with Crippen LogP contribution < -0.4 is 64.2 Å². The molecule has 35 heteroatoms. The molecule has 5 rings (SSSR count). The number of aromatic hydroxyl groups is 1. The minimum atomic E-state index is -2.42. The molecule has 0 aromatic heterocycles. The van der Waals surface area contributed by atoms with Gasteiger partial charge in [-0.15, -0.1) is 0 Å². The van der Waals surface area contributed by atoms with E-state index in [0.29, 0.717) is 42.4 Å². The summed E-state index contributed by atoms with van der Waals surface area (Å²) in [7, 11) is 0. The Balaban J connectivity index is 1.46. The third-order valence-corrected chi connectivity index (χ3v) is 20.9. The predicted molar refractivity (Wildman–Crippen MR) is 411 cm³/mol. The van der Waals surface area contributed by atoms with Gasteiger partial charge in [0.25, 0.3) is 0 Å². The molecule has 0 bridgehead atoms. The van der Waals surface area contributed by atoms with Crippen molar-refractivity contribution in [3.05, 3.63) is 65.7 Å². The lowest BCUT2D eigenvalue weighted by atomic mass is 9.91. The second-order valence-electron chi connectivity index (χ2n) is 29.9. The monoisotopic (exact) mass is 1580 g/mol. The first-order chi connectivity index (χ1) is 52.8. The first-order valence-electron chi connectivity index (χ1n) is 38.8. The maximum absolute atomic E-state index is 15.3. The number of nitrogens with zero attached hydrogens (tertiary/aromatic N) is 2. The molecule has 3 aliphatic rings. The second kappa shape index (κ2) is 48.1. The number of amides is 12. The molecule has 0 spiro atoms. The van der Waals surface area contributed by atoms with Crippen LogP contribution in [0.4, 0.5) is 0 Å². The van der Waals surface area contributed by atoms with Gasteiger partial charge in [-0.3, -0.25) is 62.9 Å². The molecule has 0 radical (unpaired) electrons. The first-order valence-corrected chi connectivity index (χ1v) is 40.2. The maximum atomic E-state index is 15.3. The van der Waals surface area contributed by atoms with Gasteiger partial charge in [0.05, 0.1) is 30.5 Å². The number of carbonyl (C=O) groups is 12. The molecule has 2 aromatic rings. The van der Waals surface area contributed by atoms with Crippen LogP contribution in [0, 0.1) is 17.8 Å². The Kier molecular flexibility index (Phi) is 40.5. The zero-order valence-electron chi connectivity index (χ0n) is 64.9. The van der Waals surface area contributed by atoms with Gasteiger partial charge in [0.1, 0.15) is 78.5 Å². The van der Waals surface area contributed by atoms with Crippen LogP contribution in [0.5, 0.6) is 5.75 Å². The number of aliphatic hydroxyl groups is 7. The van der Waals surface area contributed by atoms with Gasteiger partial charge in [-0.25, -0.2) is 0 Å². The van der Waals surface area contributed by atoms with E-state index in [0.717, 1.165) is 67.4 Å². The Morgan fingerprint density at radius 3 is 1.93 bits per heavy atom. The Labute approximate surface area is 653 Å². The molecule has 12 amide bonds. The number of carbonyl (C=O) groups excluding carboxylic acids is 12. The molecule has 622 valence electrons. The predicted octanol–water partition coefficient (Wildman–Crippen LogP) is -2.52. The van der Waals surface area contributed by atoms with E-state index in [1.807, 2.05) is 20.1 Å². The lowest BCUT2D eigenvalue weighted by molar-refractivity contribution is -0.148. The molecule has 3 heterocycles. The van der Waals surface area contributed by atoms with Gasteiger partial charge in [0.15, 0.2) is 0 Å². The third kappa shape index (κ3) is 30.4. The number of thioether (sulfide) groups is 1. The van der Waals surface area contributed by atoms with Crippen molar-refractivity contribution in [2.45, 2.75) is 260 Å². The van der Waals surface area contributed by atoms with Crippen LogP contribution in [0.25, 0.3) is 0 Å². The highest BCUT2D eigenvalue weighted by Gasteiger charge is 2.49. The number of nitrogens with two attached hydrogens (primary N) is 1. The van der Waals surface area contributed by atoms with Gasteiger partial charge >= 0.3 is 0 Å². The van der Waals surface area contributed by atoms with Crippen LogP contribution in [0.3, 0.4) is 0 Å².